The van der Waals surface area contributed by atoms with E-state index in [9.17, 15) is 14.7 Å². The summed E-state index contributed by atoms with van der Waals surface area (Å²) >= 11 is 6.49. The van der Waals surface area contributed by atoms with Crippen molar-refractivity contribution in [2.24, 2.45) is 5.92 Å². The highest BCUT2D eigenvalue weighted by Crippen LogP contribution is 2.31. The van der Waals surface area contributed by atoms with Gasteiger partial charge in [0.2, 0.25) is 5.91 Å². The molecule has 1 amide bonds. The molecular formula is C23H35ClN2O5. The van der Waals surface area contributed by atoms with Crippen molar-refractivity contribution in [3.05, 3.63) is 35.9 Å². The van der Waals surface area contributed by atoms with E-state index in [1.165, 1.54) is 0 Å². The molecule has 0 radical (unpaired) electrons. The van der Waals surface area contributed by atoms with E-state index < -0.39 is 24.0 Å². The van der Waals surface area contributed by atoms with E-state index in [0.717, 1.165) is 24.9 Å². The van der Waals surface area contributed by atoms with E-state index in [-0.39, 0.29) is 30.4 Å². The number of hydrogen-bond acceptors (Lipinski definition) is 6. The average Bonchev–Trinajstić information content (AvgIpc) is 2.76. The first-order valence-electron chi connectivity index (χ1n) is 11.1. The predicted molar refractivity (Wildman–Crippen MR) is 120 cm³/mol. The molecule has 4 unspecified atom stereocenters. The molecule has 0 aliphatic heterocycles. The van der Waals surface area contributed by atoms with Crippen molar-refractivity contribution in [2.75, 3.05) is 26.8 Å². The van der Waals surface area contributed by atoms with Gasteiger partial charge in [-0.1, -0.05) is 30.3 Å². The number of carbonyl (C=O) groups excluding carboxylic acids is 2. The molecule has 2 rings (SSSR count). The third-order valence-corrected chi connectivity index (χ3v) is 5.94. The molecule has 31 heavy (non-hydrogen) atoms. The SMILES string of the molecule is CCOC(=O)[C@@H](Cc1ccccc1)NC(=O)C1CC(Cl)C(OCCCCNC)CC1O. The first-order valence-corrected chi connectivity index (χ1v) is 11.5. The second kappa shape index (κ2) is 13.7. The highest BCUT2D eigenvalue weighted by molar-refractivity contribution is 6.21. The van der Waals surface area contributed by atoms with Crippen LogP contribution in [0.15, 0.2) is 30.3 Å². The van der Waals surface area contributed by atoms with Crippen molar-refractivity contribution in [3.8, 4) is 0 Å². The number of benzene rings is 1. The summed E-state index contributed by atoms with van der Waals surface area (Å²) in [6, 6.07) is 8.60. The highest BCUT2D eigenvalue weighted by Gasteiger charge is 2.40. The summed E-state index contributed by atoms with van der Waals surface area (Å²) in [6.45, 7) is 3.44. The van der Waals surface area contributed by atoms with Crippen molar-refractivity contribution in [1.82, 2.24) is 10.6 Å². The zero-order valence-corrected chi connectivity index (χ0v) is 19.1. The van der Waals surface area contributed by atoms with Crippen LogP contribution in [0, 0.1) is 5.92 Å². The molecule has 7 nitrogen and oxygen atoms in total. The van der Waals surface area contributed by atoms with Crippen molar-refractivity contribution in [2.45, 2.75) is 62.7 Å². The number of hydrogen-bond donors (Lipinski definition) is 3. The molecule has 0 spiro atoms. The van der Waals surface area contributed by atoms with Crippen molar-refractivity contribution >= 4 is 23.5 Å². The first kappa shape index (κ1) is 25.6. The van der Waals surface area contributed by atoms with Crippen LogP contribution in [0.3, 0.4) is 0 Å². The molecule has 1 fully saturated rings. The predicted octanol–water partition coefficient (Wildman–Crippen LogP) is 2.04. The van der Waals surface area contributed by atoms with E-state index in [0.29, 0.717) is 19.4 Å². The molecule has 1 saturated carbocycles. The van der Waals surface area contributed by atoms with Gasteiger partial charge in [0.1, 0.15) is 6.04 Å². The van der Waals surface area contributed by atoms with Crippen LogP contribution in [0.5, 0.6) is 0 Å². The number of amides is 1. The Kier molecular flexibility index (Phi) is 11.3. The zero-order chi connectivity index (χ0) is 22.6. The molecule has 5 atom stereocenters. The van der Waals surface area contributed by atoms with E-state index >= 15 is 0 Å². The number of halogens is 1. The fourth-order valence-corrected chi connectivity index (χ4v) is 4.13. The number of nitrogens with one attached hydrogen (secondary N) is 2. The van der Waals surface area contributed by atoms with Gasteiger partial charge in [0.05, 0.1) is 30.1 Å². The molecule has 0 aromatic heterocycles. The molecule has 0 bridgehead atoms. The summed E-state index contributed by atoms with van der Waals surface area (Å²) in [4.78, 5) is 25.3. The van der Waals surface area contributed by atoms with Crippen molar-refractivity contribution in [1.29, 1.82) is 0 Å². The Morgan fingerprint density at radius 3 is 2.65 bits per heavy atom. The largest absolute Gasteiger partial charge is 0.464 e. The molecule has 8 heteroatoms. The number of alkyl halides is 1. The highest BCUT2D eigenvalue weighted by atomic mass is 35.5. The van der Waals surface area contributed by atoms with Crippen LogP contribution in [0.2, 0.25) is 0 Å². The second-order valence-electron chi connectivity index (χ2n) is 7.88. The van der Waals surface area contributed by atoms with E-state index in [1.54, 1.807) is 6.92 Å². The second-order valence-corrected chi connectivity index (χ2v) is 8.44. The summed E-state index contributed by atoms with van der Waals surface area (Å²) in [7, 11) is 1.91. The summed E-state index contributed by atoms with van der Waals surface area (Å²) in [5, 5.41) is 16.1. The van der Waals surface area contributed by atoms with Gasteiger partial charge in [0.25, 0.3) is 0 Å². The minimum Gasteiger partial charge on any atom is -0.464 e. The Balaban J connectivity index is 1.93. The maximum atomic E-state index is 12.9. The minimum absolute atomic E-state index is 0.225. The molecule has 3 N–H and O–H groups in total. The third-order valence-electron chi connectivity index (χ3n) is 5.48. The average molecular weight is 455 g/mol. The normalized spacial score (nSPS) is 24.4. The maximum absolute atomic E-state index is 12.9. The van der Waals surface area contributed by atoms with Crippen LogP contribution < -0.4 is 10.6 Å². The fourth-order valence-electron chi connectivity index (χ4n) is 3.76. The lowest BCUT2D eigenvalue weighted by Gasteiger charge is -2.36. The molecule has 1 aromatic carbocycles. The number of rotatable bonds is 12. The number of aliphatic hydroxyl groups is 1. The summed E-state index contributed by atoms with van der Waals surface area (Å²) < 4.78 is 11.0. The van der Waals surface area contributed by atoms with Crippen LogP contribution in [0.25, 0.3) is 0 Å². The monoisotopic (exact) mass is 454 g/mol. The fraction of sp³-hybridized carbons (Fsp3) is 0.652. The lowest BCUT2D eigenvalue weighted by molar-refractivity contribution is -0.149. The van der Waals surface area contributed by atoms with Gasteiger partial charge >= 0.3 is 5.97 Å². The van der Waals surface area contributed by atoms with Gasteiger partial charge in [-0.15, -0.1) is 11.6 Å². The van der Waals surface area contributed by atoms with Gasteiger partial charge in [0.15, 0.2) is 0 Å². The van der Waals surface area contributed by atoms with Crippen LogP contribution >= 0.6 is 11.6 Å². The summed E-state index contributed by atoms with van der Waals surface area (Å²) in [6.07, 6.45) is 1.63. The minimum atomic E-state index is -0.878. The first-order chi connectivity index (χ1) is 15.0. The Labute approximate surface area is 189 Å². The van der Waals surface area contributed by atoms with Gasteiger partial charge in [-0.2, -0.15) is 0 Å². The quantitative estimate of drug-likeness (QED) is 0.254. The molecule has 0 saturated heterocycles. The molecule has 0 heterocycles. The van der Waals surface area contributed by atoms with E-state index in [2.05, 4.69) is 10.6 Å². The number of carbonyl (C=O) groups is 2. The summed E-state index contributed by atoms with van der Waals surface area (Å²) in [5.74, 6) is -1.57. The molecule has 1 aliphatic carbocycles. The number of unbranched alkanes of at least 4 members (excludes halogenated alkanes) is 1. The third kappa shape index (κ3) is 8.41. The van der Waals surface area contributed by atoms with Crippen molar-refractivity contribution in [3.63, 3.8) is 0 Å². The van der Waals surface area contributed by atoms with Crippen molar-refractivity contribution < 1.29 is 24.2 Å². The van der Waals surface area contributed by atoms with Crippen LogP contribution in [0.4, 0.5) is 0 Å². The van der Waals surface area contributed by atoms with Gasteiger partial charge in [0, 0.05) is 19.4 Å². The van der Waals surface area contributed by atoms with E-state index in [1.807, 2.05) is 37.4 Å². The topological polar surface area (TPSA) is 96.9 Å². The van der Waals surface area contributed by atoms with Crippen LogP contribution in [0.1, 0.15) is 38.2 Å². The van der Waals surface area contributed by atoms with Gasteiger partial charge in [-0.25, -0.2) is 4.79 Å². The Hall–Kier alpha value is -1.67. The lowest BCUT2D eigenvalue weighted by atomic mass is 9.83. The van der Waals surface area contributed by atoms with Crippen LogP contribution in [-0.4, -0.2) is 67.4 Å². The maximum Gasteiger partial charge on any atom is 0.328 e. The van der Waals surface area contributed by atoms with Gasteiger partial charge in [-0.05, 0) is 45.3 Å². The van der Waals surface area contributed by atoms with Crippen LogP contribution in [-0.2, 0) is 25.5 Å². The molecule has 174 valence electrons. The standard InChI is InChI=1S/C23H35ClN2O5/c1-3-30-23(29)19(13-16-9-5-4-6-10-16)26-22(28)17-14-18(24)21(15-20(17)27)31-12-8-7-11-25-2/h4-6,9-10,17-21,25,27H,3,7-8,11-15H2,1-2H3,(H,26,28)/t17?,18?,19-,20?,21?/m1/s1. The summed E-state index contributed by atoms with van der Waals surface area (Å²) in [5.41, 5.74) is 0.909. The Morgan fingerprint density at radius 2 is 1.97 bits per heavy atom. The molecule has 1 aliphatic rings. The lowest BCUT2D eigenvalue weighted by Crippen LogP contribution is -2.52. The number of esters is 1. The zero-order valence-electron chi connectivity index (χ0n) is 18.4. The molecule has 1 aromatic rings. The molecular weight excluding hydrogens is 420 g/mol. The smallest absolute Gasteiger partial charge is 0.328 e. The van der Waals surface area contributed by atoms with Gasteiger partial charge < -0.3 is 25.2 Å². The van der Waals surface area contributed by atoms with E-state index in [4.69, 9.17) is 21.1 Å². The number of ether oxygens (including phenoxy) is 2. The van der Waals surface area contributed by atoms with Gasteiger partial charge in [-0.3, -0.25) is 4.79 Å². The Bertz CT molecular complexity index is 675. The number of aliphatic hydroxyl groups excluding tert-OH is 1. The Morgan fingerprint density at radius 1 is 1.23 bits per heavy atom.